The molecule has 2 aromatic rings. The molecular weight excluding hydrogens is 423 g/mol. The zero-order valence-corrected chi connectivity index (χ0v) is 17.7. The van der Waals surface area contributed by atoms with E-state index in [2.05, 4.69) is 10.3 Å². The molecule has 1 aliphatic heterocycles. The first-order chi connectivity index (χ1) is 15.2. The van der Waals surface area contributed by atoms with Crippen molar-refractivity contribution in [1.29, 1.82) is 0 Å². The number of ether oxygens (including phenoxy) is 1. The van der Waals surface area contributed by atoms with Gasteiger partial charge < -0.3 is 15.0 Å². The van der Waals surface area contributed by atoms with Crippen molar-refractivity contribution in [1.82, 2.24) is 9.88 Å². The third-order valence-corrected chi connectivity index (χ3v) is 5.88. The normalized spacial score (nSPS) is 16.0. The fourth-order valence-corrected chi connectivity index (χ4v) is 4.02. The highest BCUT2D eigenvalue weighted by Crippen LogP contribution is 2.32. The molecule has 0 bridgehead atoms. The van der Waals surface area contributed by atoms with Gasteiger partial charge in [0.2, 0.25) is 5.91 Å². The third-order valence-electron chi connectivity index (χ3n) is 5.88. The van der Waals surface area contributed by atoms with Crippen molar-refractivity contribution < 1.29 is 27.5 Å². The highest BCUT2D eigenvalue weighted by Gasteiger charge is 2.31. The second-order valence-corrected chi connectivity index (χ2v) is 8.40. The van der Waals surface area contributed by atoms with Gasteiger partial charge in [0.25, 0.3) is 5.91 Å². The fourth-order valence-electron chi connectivity index (χ4n) is 4.02. The van der Waals surface area contributed by atoms with E-state index in [9.17, 15) is 22.8 Å². The molecule has 1 aromatic heterocycles. The molecule has 1 N–H and O–H groups in total. The number of benzene rings is 1. The van der Waals surface area contributed by atoms with E-state index in [0.29, 0.717) is 41.4 Å². The van der Waals surface area contributed by atoms with Gasteiger partial charge in [-0.25, -0.2) is 4.98 Å². The highest BCUT2D eigenvalue weighted by molar-refractivity contribution is 6.01. The van der Waals surface area contributed by atoms with Crippen molar-refractivity contribution in [2.75, 3.05) is 11.9 Å². The lowest BCUT2D eigenvalue weighted by Gasteiger charge is -2.24. The van der Waals surface area contributed by atoms with E-state index in [1.54, 1.807) is 30.0 Å². The summed E-state index contributed by atoms with van der Waals surface area (Å²) in [4.78, 5) is 31.1. The van der Waals surface area contributed by atoms with E-state index in [1.807, 2.05) is 0 Å². The van der Waals surface area contributed by atoms with Crippen LogP contribution in [0.1, 0.15) is 52.7 Å². The number of halogens is 3. The molecule has 1 saturated carbocycles. The predicted molar refractivity (Wildman–Crippen MR) is 111 cm³/mol. The minimum Gasteiger partial charge on any atom is -0.484 e. The first-order valence-electron chi connectivity index (χ1n) is 10.6. The molecule has 0 spiro atoms. The number of carbonyl (C=O) groups excluding carboxylic acids is 2. The third kappa shape index (κ3) is 5.03. The first-order valence-corrected chi connectivity index (χ1v) is 10.6. The van der Waals surface area contributed by atoms with Crippen LogP contribution in [0.4, 0.5) is 19.0 Å². The molecule has 0 atom stereocenters. The van der Waals surface area contributed by atoms with Crippen molar-refractivity contribution >= 4 is 17.6 Å². The van der Waals surface area contributed by atoms with Crippen LogP contribution in [0.25, 0.3) is 0 Å². The summed E-state index contributed by atoms with van der Waals surface area (Å²) in [6.07, 6.45) is 0.868. The Hall–Kier alpha value is -3.10. The number of carbonyl (C=O) groups is 2. The van der Waals surface area contributed by atoms with Gasteiger partial charge in [-0.3, -0.25) is 9.59 Å². The van der Waals surface area contributed by atoms with E-state index in [0.717, 1.165) is 24.8 Å². The molecular formula is C23H24F3N3O3. The topological polar surface area (TPSA) is 71.5 Å². The Morgan fingerprint density at radius 2 is 2.06 bits per heavy atom. The average molecular weight is 447 g/mol. The number of anilines is 1. The summed E-state index contributed by atoms with van der Waals surface area (Å²) in [7, 11) is 0. The molecule has 4 rings (SSSR count). The molecule has 9 heteroatoms. The average Bonchev–Trinajstić information content (AvgIpc) is 3.00. The molecule has 1 fully saturated rings. The largest absolute Gasteiger partial charge is 0.484 e. The van der Waals surface area contributed by atoms with Gasteiger partial charge in [-0.05, 0) is 48.9 Å². The van der Waals surface area contributed by atoms with Crippen LogP contribution in [0.15, 0.2) is 30.5 Å². The number of rotatable bonds is 7. The lowest BCUT2D eigenvalue weighted by Crippen LogP contribution is -2.23. The lowest BCUT2D eigenvalue weighted by molar-refractivity contribution is -0.153. The Kier molecular flexibility index (Phi) is 6.08. The van der Waals surface area contributed by atoms with Gasteiger partial charge in [0, 0.05) is 30.3 Å². The van der Waals surface area contributed by atoms with Gasteiger partial charge in [-0.2, -0.15) is 13.2 Å². The van der Waals surface area contributed by atoms with E-state index in [1.165, 1.54) is 12.3 Å². The quantitative estimate of drug-likeness (QED) is 0.673. The van der Waals surface area contributed by atoms with Gasteiger partial charge in [0.05, 0.1) is 6.54 Å². The number of pyridine rings is 1. The summed E-state index contributed by atoms with van der Waals surface area (Å²) >= 11 is 0. The van der Waals surface area contributed by atoms with E-state index in [-0.39, 0.29) is 24.1 Å². The Balaban J connectivity index is 1.42. The first kappa shape index (κ1) is 22.1. The van der Waals surface area contributed by atoms with Crippen LogP contribution in [-0.2, 0) is 17.9 Å². The van der Waals surface area contributed by atoms with Crippen LogP contribution in [0, 0.1) is 12.8 Å². The smallest absolute Gasteiger partial charge is 0.422 e. The SMILES string of the molecule is Cc1cc(CN2Cc3c(ccnc3NC(=O)CC3CCC3)C2=O)ccc1OCC(F)(F)F. The molecule has 0 saturated heterocycles. The van der Waals surface area contributed by atoms with Gasteiger partial charge in [-0.15, -0.1) is 0 Å². The second kappa shape index (κ2) is 8.80. The number of amides is 2. The maximum atomic E-state index is 12.9. The standard InChI is InChI=1S/C23H24F3N3O3/c1-14-9-16(5-6-19(14)32-13-23(24,25)26)11-29-12-18-17(22(29)31)7-8-27-21(18)28-20(30)10-15-3-2-4-15/h5-9,15H,2-4,10-13H2,1H3,(H,27,28,30). The second-order valence-electron chi connectivity index (χ2n) is 8.40. The molecule has 1 aromatic carbocycles. The van der Waals surface area contributed by atoms with Crippen LogP contribution in [0.2, 0.25) is 0 Å². The predicted octanol–water partition coefficient (Wildman–Crippen LogP) is 4.62. The van der Waals surface area contributed by atoms with Crippen LogP contribution < -0.4 is 10.1 Å². The molecule has 2 heterocycles. The van der Waals surface area contributed by atoms with Crippen molar-refractivity contribution in [3.8, 4) is 5.75 Å². The number of nitrogens with one attached hydrogen (secondary N) is 1. The minimum absolute atomic E-state index is 0.0911. The van der Waals surface area contributed by atoms with Crippen LogP contribution in [0.3, 0.4) is 0 Å². The number of nitrogens with zero attached hydrogens (tertiary/aromatic N) is 2. The number of hydrogen-bond acceptors (Lipinski definition) is 4. The number of hydrogen-bond donors (Lipinski definition) is 1. The van der Waals surface area contributed by atoms with Crippen LogP contribution >= 0.6 is 0 Å². The van der Waals surface area contributed by atoms with Crippen LogP contribution in [0.5, 0.6) is 5.75 Å². The number of fused-ring (bicyclic) bond motifs is 1. The molecule has 0 unspecified atom stereocenters. The molecule has 1 aliphatic carbocycles. The summed E-state index contributed by atoms with van der Waals surface area (Å²) in [5, 5.41) is 2.85. The van der Waals surface area contributed by atoms with E-state index < -0.39 is 12.8 Å². The van der Waals surface area contributed by atoms with Crippen molar-refractivity contribution in [3.05, 3.63) is 52.7 Å². The van der Waals surface area contributed by atoms with E-state index in [4.69, 9.17) is 4.74 Å². The Bertz CT molecular complexity index is 1030. The molecule has 2 amide bonds. The Morgan fingerprint density at radius 3 is 2.72 bits per heavy atom. The van der Waals surface area contributed by atoms with Crippen molar-refractivity contribution in [2.24, 2.45) is 5.92 Å². The number of aromatic nitrogens is 1. The molecule has 6 nitrogen and oxygen atoms in total. The summed E-state index contributed by atoms with van der Waals surface area (Å²) in [6.45, 7) is 0.889. The lowest BCUT2D eigenvalue weighted by atomic mass is 9.83. The maximum Gasteiger partial charge on any atom is 0.422 e. The minimum atomic E-state index is -4.40. The highest BCUT2D eigenvalue weighted by atomic mass is 19.4. The van der Waals surface area contributed by atoms with Crippen molar-refractivity contribution in [3.63, 3.8) is 0 Å². The molecule has 32 heavy (non-hydrogen) atoms. The number of aryl methyl sites for hydroxylation is 1. The van der Waals surface area contributed by atoms with Gasteiger partial charge >= 0.3 is 6.18 Å². The van der Waals surface area contributed by atoms with Crippen LogP contribution in [-0.4, -0.2) is 34.5 Å². The van der Waals surface area contributed by atoms with Gasteiger partial charge in [0.1, 0.15) is 11.6 Å². The van der Waals surface area contributed by atoms with Crippen molar-refractivity contribution in [2.45, 2.75) is 51.9 Å². The monoisotopic (exact) mass is 447 g/mol. The summed E-state index contributed by atoms with van der Waals surface area (Å²) in [6, 6.07) is 6.48. The molecule has 170 valence electrons. The zero-order chi connectivity index (χ0) is 22.9. The summed E-state index contributed by atoms with van der Waals surface area (Å²) in [5.74, 6) is 0.729. The van der Waals surface area contributed by atoms with Gasteiger partial charge in [-0.1, -0.05) is 18.6 Å². The summed E-state index contributed by atoms with van der Waals surface area (Å²) in [5.41, 5.74) is 2.51. The van der Waals surface area contributed by atoms with E-state index >= 15 is 0 Å². The fraction of sp³-hybridized carbons (Fsp3) is 0.435. The molecule has 0 radical (unpaired) electrons. The molecule has 2 aliphatic rings. The number of alkyl halides is 3. The van der Waals surface area contributed by atoms with Gasteiger partial charge in [0.15, 0.2) is 6.61 Å². The zero-order valence-electron chi connectivity index (χ0n) is 17.7. The summed E-state index contributed by atoms with van der Waals surface area (Å²) < 4.78 is 42.0. The maximum absolute atomic E-state index is 12.9. The Labute approximate surface area is 183 Å². The Morgan fingerprint density at radius 1 is 1.28 bits per heavy atom.